The highest BCUT2D eigenvalue weighted by molar-refractivity contribution is 5.77. The molecule has 4 nitrogen and oxygen atoms in total. The number of benzene rings is 1. The molecule has 2 N–H and O–H groups in total. The molecule has 0 saturated carbocycles. The van der Waals surface area contributed by atoms with Crippen LogP contribution in [0.1, 0.15) is 19.4 Å². The van der Waals surface area contributed by atoms with Gasteiger partial charge in [-0.05, 0) is 24.5 Å². The normalized spacial score (nSPS) is 12.3. The van der Waals surface area contributed by atoms with Gasteiger partial charge >= 0.3 is 0 Å². The zero-order valence-electron chi connectivity index (χ0n) is 11.1. The standard InChI is InChI=1S/C14H21NO3/c1-10(2)12(8-16)15-14(17)9-18-13-7-5-4-6-11(13)3/h4-7,10,12,16H,8-9H2,1-3H3,(H,15,17)/t12-/m1/s1. The summed E-state index contributed by atoms with van der Waals surface area (Å²) in [7, 11) is 0. The Bertz CT molecular complexity index is 390. The van der Waals surface area contributed by atoms with Crippen molar-refractivity contribution in [2.45, 2.75) is 26.8 Å². The van der Waals surface area contributed by atoms with Gasteiger partial charge in [0.05, 0.1) is 12.6 Å². The van der Waals surface area contributed by atoms with E-state index in [2.05, 4.69) is 5.32 Å². The summed E-state index contributed by atoms with van der Waals surface area (Å²) < 4.78 is 5.43. The van der Waals surface area contributed by atoms with E-state index in [1.165, 1.54) is 0 Å². The first-order chi connectivity index (χ1) is 8.54. The lowest BCUT2D eigenvalue weighted by Crippen LogP contribution is -2.43. The van der Waals surface area contributed by atoms with Crippen molar-refractivity contribution in [3.05, 3.63) is 29.8 Å². The first kappa shape index (κ1) is 14.5. The van der Waals surface area contributed by atoms with Crippen LogP contribution < -0.4 is 10.1 Å². The van der Waals surface area contributed by atoms with Gasteiger partial charge in [-0.25, -0.2) is 0 Å². The third-order valence-corrected chi connectivity index (χ3v) is 2.80. The van der Waals surface area contributed by atoms with Crippen LogP contribution in [0, 0.1) is 12.8 Å². The van der Waals surface area contributed by atoms with E-state index in [-0.39, 0.29) is 31.1 Å². The minimum atomic E-state index is -0.224. The average molecular weight is 251 g/mol. The molecule has 0 aliphatic carbocycles. The van der Waals surface area contributed by atoms with E-state index in [0.717, 1.165) is 5.56 Å². The smallest absolute Gasteiger partial charge is 0.258 e. The molecule has 0 bridgehead atoms. The zero-order valence-corrected chi connectivity index (χ0v) is 11.1. The monoisotopic (exact) mass is 251 g/mol. The van der Waals surface area contributed by atoms with E-state index < -0.39 is 0 Å². The maximum absolute atomic E-state index is 11.7. The molecule has 1 atom stereocenters. The summed E-state index contributed by atoms with van der Waals surface area (Å²) in [6.45, 7) is 5.73. The van der Waals surface area contributed by atoms with E-state index in [1.54, 1.807) is 0 Å². The fraction of sp³-hybridized carbons (Fsp3) is 0.500. The number of nitrogens with one attached hydrogen (secondary N) is 1. The van der Waals surface area contributed by atoms with Gasteiger partial charge in [0.1, 0.15) is 5.75 Å². The molecule has 1 rings (SSSR count). The summed E-state index contributed by atoms with van der Waals surface area (Å²) >= 11 is 0. The molecule has 0 heterocycles. The minimum absolute atomic E-state index is 0.0337. The molecule has 0 spiro atoms. The molecule has 0 aliphatic heterocycles. The van der Waals surface area contributed by atoms with Gasteiger partial charge in [-0.2, -0.15) is 0 Å². The van der Waals surface area contributed by atoms with Gasteiger partial charge in [0.15, 0.2) is 6.61 Å². The Morgan fingerprint density at radius 1 is 1.39 bits per heavy atom. The Morgan fingerprint density at radius 2 is 2.06 bits per heavy atom. The van der Waals surface area contributed by atoms with Crippen LogP contribution in [0.15, 0.2) is 24.3 Å². The Morgan fingerprint density at radius 3 is 2.61 bits per heavy atom. The molecule has 0 aromatic heterocycles. The van der Waals surface area contributed by atoms with Gasteiger partial charge in [0.25, 0.3) is 5.91 Å². The van der Waals surface area contributed by atoms with Gasteiger partial charge < -0.3 is 15.2 Å². The molecule has 100 valence electrons. The molecule has 1 amide bonds. The molecule has 0 fully saturated rings. The number of amides is 1. The number of aliphatic hydroxyl groups is 1. The van der Waals surface area contributed by atoms with Gasteiger partial charge in [-0.3, -0.25) is 4.79 Å². The molecule has 1 aromatic carbocycles. The van der Waals surface area contributed by atoms with E-state index in [0.29, 0.717) is 5.75 Å². The van der Waals surface area contributed by atoms with Crippen molar-refractivity contribution in [3.8, 4) is 5.75 Å². The maximum atomic E-state index is 11.7. The molecular weight excluding hydrogens is 230 g/mol. The van der Waals surface area contributed by atoms with Crippen LogP contribution >= 0.6 is 0 Å². The van der Waals surface area contributed by atoms with Crippen LogP contribution in [-0.2, 0) is 4.79 Å². The fourth-order valence-corrected chi connectivity index (χ4v) is 1.53. The number of hydrogen-bond donors (Lipinski definition) is 2. The van der Waals surface area contributed by atoms with Crippen molar-refractivity contribution in [1.82, 2.24) is 5.32 Å². The second kappa shape index (κ2) is 7.01. The number of aryl methyl sites for hydroxylation is 1. The Hall–Kier alpha value is -1.55. The maximum Gasteiger partial charge on any atom is 0.258 e. The van der Waals surface area contributed by atoms with Crippen molar-refractivity contribution < 1.29 is 14.6 Å². The molecule has 0 aliphatic rings. The second-order valence-corrected chi connectivity index (χ2v) is 4.65. The van der Waals surface area contributed by atoms with Crippen LogP contribution in [0.25, 0.3) is 0 Å². The van der Waals surface area contributed by atoms with Gasteiger partial charge in [-0.15, -0.1) is 0 Å². The molecule has 18 heavy (non-hydrogen) atoms. The second-order valence-electron chi connectivity index (χ2n) is 4.65. The Kier molecular flexibility index (Phi) is 5.65. The number of hydrogen-bond acceptors (Lipinski definition) is 3. The lowest BCUT2D eigenvalue weighted by Gasteiger charge is -2.20. The first-order valence-corrected chi connectivity index (χ1v) is 6.13. The molecule has 0 radical (unpaired) electrons. The number of carbonyl (C=O) groups excluding carboxylic acids is 1. The lowest BCUT2D eigenvalue weighted by molar-refractivity contribution is -0.124. The predicted octanol–water partition coefficient (Wildman–Crippen LogP) is 1.51. The van der Waals surface area contributed by atoms with Crippen LogP contribution in [0.5, 0.6) is 5.75 Å². The molecular formula is C14H21NO3. The third-order valence-electron chi connectivity index (χ3n) is 2.80. The average Bonchev–Trinajstić information content (AvgIpc) is 2.34. The summed E-state index contributed by atoms with van der Waals surface area (Å²) in [6.07, 6.45) is 0. The largest absolute Gasteiger partial charge is 0.484 e. The molecule has 0 saturated heterocycles. The summed E-state index contributed by atoms with van der Waals surface area (Å²) in [5.74, 6) is 0.682. The summed E-state index contributed by atoms with van der Waals surface area (Å²) in [5.41, 5.74) is 0.993. The Balaban J connectivity index is 2.44. The first-order valence-electron chi connectivity index (χ1n) is 6.13. The summed E-state index contributed by atoms with van der Waals surface area (Å²) in [5, 5.41) is 11.9. The zero-order chi connectivity index (χ0) is 13.5. The van der Waals surface area contributed by atoms with Crippen LogP contribution in [0.3, 0.4) is 0 Å². The highest BCUT2D eigenvalue weighted by Crippen LogP contribution is 2.15. The van der Waals surface area contributed by atoms with Gasteiger partial charge in [0, 0.05) is 0 Å². The lowest BCUT2D eigenvalue weighted by atomic mass is 10.1. The van der Waals surface area contributed by atoms with E-state index >= 15 is 0 Å². The number of aliphatic hydroxyl groups excluding tert-OH is 1. The summed E-state index contributed by atoms with van der Waals surface area (Å²) in [6, 6.07) is 7.32. The topological polar surface area (TPSA) is 58.6 Å². The Labute approximate surface area is 108 Å². The van der Waals surface area contributed by atoms with E-state index in [9.17, 15) is 4.79 Å². The van der Waals surface area contributed by atoms with Crippen molar-refractivity contribution in [1.29, 1.82) is 0 Å². The van der Waals surface area contributed by atoms with Crippen molar-refractivity contribution >= 4 is 5.91 Å². The fourth-order valence-electron chi connectivity index (χ4n) is 1.53. The van der Waals surface area contributed by atoms with Crippen molar-refractivity contribution in [3.63, 3.8) is 0 Å². The van der Waals surface area contributed by atoms with Crippen LogP contribution in [0.2, 0.25) is 0 Å². The van der Waals surface area contributed by atoms with Crippen molar-refractivity contribution in [2.24, 2.45) is 5.92 Å². The highest BCUT2D eigenvalue weighted by Gasteiger charge is 2.15. The SMILES string of the molecule is Cc1ccccc1OCC(=O)N[C@H](CO)C(C)C. The van der Waals surface area contributed by atoms with E-state index in [1.807, 2.05) is 45.0 Å². The summed E-state index contributed by atoms with van der Waals surface area (Å²) in [4.78, 5) is 11.7. The highest BCUT2D eigenvalue weighted by atomic mass is 16.5. The molecule has 4 heteroatoms. The predicted molar refractivity (Wildman–Crippen MR) is 70.5 cm³/mol. The minimum Gasteiger partial charge on any atom is -0.484 e. The number of para-hydroxylation sites is 1. The van der Waals surface area contributed by atoms with E-state index in [4.69, 9.17) is 9.84 Å². The third kappa shape index (κ3) is 4.37. The number of rotatable bonds is 6. The quantitative estimate of drug-likeness (QED) is 0.805. The van der Waals surface area contributed by atoms with Crippen LogP contribution in [-0.4, -0.2) is 30.3 Å². The van der Waals surface area contributed by atoms with Gasteiger partial charge in [0.2, 0.25) is 0 Å². The molecule has 0 unspecified atom stereocenters. The molecule has 1 aromatic rings. The number of ether oxygens (including phenoxy) is 1. The number of carbonyl (C=O) groups is 1. The van der Waals surface area contributed by atoms with Crippen LogP contribution in [0.4, 0.5) is 0 Å². The van der Waals surface area contributed by atoms with Gasteiger partial charge in [-0.1, -0.05) is 32.0 Å². The van der Waals surface area contributed by atoms with Crippen molar-refractivity contribution in [2.75, 3.05) is 13.2 Å².